The Morgan fingerprint density at radius 3 is 3.00 bits per heavy atom. The van der Waals surface area contributed by atoms with Crippen LogP contribution in [0, 0.1) is 18.3 Å². The number of rotatable bonds is 5. The van der Waals surface area contributed by atoms with E-state index in [2.05, 4.69) is 33.1 Å². The normalized spacial score (nSPS) is 18.7. The summed E-state index contributed by atoms with van der Waals surface area (Å²) < 4.78 is 6.91. The average molecular weight is 314 g/mol. The van der Waals surface area contributed by atoms with Crippen LogP contribution in [0.5, 0.6) is 0 Å². The second kappa shape index (κ2) is 6.52. The van der Waals surface area contributed by atoms with Crippen LogP contribution in [0.15, 0.2) is 16.8 Å². The molecule has 7 heteroatoms. The smallest absolute Gasteiger partial charge is 0.223 e. The molecule has 122 valence electrons. The predicted molar refractivity (Wildman–Crippen MR) is 84.3 cm³/mol. The summed E-state index contributed by atoms with van der Waals surface area (Å²) in [5.74, 6) is 1.35. The van der Waals surface area contributed by atoms with Crippen LogP contribution in [-0.2, 0) is 20.1 Å². The van der Waals surface area contributed by atoms with Crippen LogP contribution in [0.3, 0.4) is 0 Å². The maximum Gasteiger partial charge on any atom is 0.223 e. The second-order valence-corrected chi connectivity index (χ2v) is 6.28. The molecule has 1 unspecified atom stereocenters. The minimum atomic E-state index is 0.493. The fraction of sp³-hybridized carbons (Fsp3) is 0.562. The summed E-state index contributed by atoms with van der Waals surface area (Å²) in [6, 6.07) is 4.68. The lowest BCUT2D eigenvalue weighted by atomic mass is 10.2. The van der Waals surface area contributed by atoms with Crippen LogP contribution >= 0.6 is 0 Å². The third kappa shape index (κ3) is 3.60. The van der Waals surface area contributed by atoms with E-state index in [1.165, 1.54) is 5.56 Å². The molecular formula is C16H22N6O. The lowest BCUT2D eigenvalue weighted by Gasteiger charge is -2.23. The minimum absolute atomic E-state index is 0.493. The lowest BCUT2D eigenvalue weighted by molar-refractivity contribution is 0.216. The Balaban J connectivity index is 1.54. The van der Waals surface area contributed by atoms with E-state index in [4.69, 9.17) is 9.78 Å². The summed E-state index contributed by atoms with van der Waals surface area (Å²) in [4.78, 5) is 8.98. The van der Waals surface area contributed by atoms with Crippen molar-refractivity contribution in [3.05, 3.63) is 35.2 Å². The van der Waals surface area contributed by atoms with Crippen LogP contribution < -0.4 is 0 Å². The molecule has 23 heavy (non-hydrogen) atoms. The highest BCUT2D eigenvalue weighted by Crippen LogP contribution is 2.19. The summed E-state index contributed by atoms with van der Waals surface area (Å²) in [5.41, 5.74) is 1.90. The highest BCUT2D eigenvalue weighted by molar-refractivity contribution is 5.28. The molecule has 1 aliphatic rings. The Morgan fingerprint density at radius 2 is 2.35 bits per heavy atom. The van der Waals surface area contributed by atoms with E-state index < -0.39 is 0 Å². The first-order valence-corrected chi connectivity index (χ1v) is 7.82. The summed E-state index contributed by atoms with van der Waals surface area (Å²) in [5, 5.41) is 13.0. The largest absolute Gasteiger partial charge is 0.342 e. The molecule has 1 aliphatic heterocycles. The van der Waals surface area contributed by atoms with E-state index in [1.54, 1.807) is 0 Å². The van der Waals surface area contributed by atoms with Crippen molar-refractivity contribution in [2.45, 2.75) is 32.5 Å². The molecule has 0 aromatic carbocycles. The Kier molecular flexibility index (Phi) is 4.46. The molecule has 0 aliphatic carbocycles. The minimum Gasteiger partial charge on any atom is -0.342 e. The first kappa shape index (κ1) is 15.7. The van der Waals surface area contributed by atoms with Gasteiger partial charge >= 0.3 is 0 Å². The predicted octanol–water partition coefficient (Wildman–Crippen LogP) is 1.29. The molecule has 2 aromatic rings. The summed E-state index contributed by atoms with van der Waals surface area (Å²) >= 11 is 0. The average Bonchev–Trinajstić information content (AvgIpc) is 3.21. The van der Waals surface area contributed by atoms with Crippen LogP contribution in [0.25, 0.3) is 0 Å². The lowest BCUT2D eigenvalue weighted by Crippen LogP contribution is -2.34. The zero-order valence-corrected chi connectivity index (χ0v) is 13.9. The number of aromatic nitrogens is 3. The van der Waals surface area contributed by atoms with Gasteiger partial charge in [0.15, 0.2) is 5.82 Å². The van der Waals surface area contributed by atoms with Gasteiger partial charge in [-0.15, -0.1) is 0 Å². The van der Waals surface area contributed by atoms with E-state index in [9.17, 15) is 0 Å². The Labute approximate surface area is 136 Å². The molecule has 3 heterocycles. The zero-order chi connectivity index (χ0) is 16.4. The van der Waals surface area contributed by atoms with Crippen molar-refractivity contribution in [2.75, 3.05) is 20.1 Å². The van der Waals surface area contributed by atoms with Gasteiger partial charge in [-0.1, -0.05) is 5.16 Å². The Bertz CT molecular complexity index is 712. The fourth-order valence-corrected chi connectivity index (χ4v) is 3.16. The highest BCUT2D eigenvalue weighted by atomic mass is 16.5. The molecule has 0 saturated carbocycles. The van der Waals surface area contributed by atoms with E-state index in [-0.39, 0.29) is 0 Å². The summed E-state index contributed by atoms with van der Waals surface area (Å²) in [7, 11) is 4.02. The van der Waals surface area contributed by atoms with Gasteiger partial charge < -0.3 is 9.09 Å². The van der Waals surface area contributed by atoms with Crippen molar-refractivity contribution in [3.63, 3.8) is 0 Å². The van der Waals surface area contributed by atoms with Crippen molar-refractivity contribution in [2.24, 2.45) is 7.05 Å². The van der Waals surface area contributed by atoms with E-state index in [0.29, 0.717) is 24.2 Å². The van der Waals surface area contributed by atoms with Gasteiger partial charge in [0.2, 0.25) is 5.89 Å². The van der Waals surface area contributed by atoms with Crippen LogP contribution in [0.2, 0.25) is 0 Å². The molecule has 7 nitrogen and oxygen atoms in total. The van der Waals surface area contributed by atoms with Gasteiger partial charge in [-0.3, -0.25) is 9.80 Å². The standard InChI is InChI=1S/C16H22N6O/c1-12-18-16(19-23-12)11-21(3)14-4-5-22(10-14)9-13-6-15(7-17)20(2)8-13/h6,8,14H,4-5,9-11H2,1-3H3. The van der Waals surface area contributed by atoms with Crippen molar-refractivity contribution in [3.8, 4) is 6.07 Å². The third-order valence-corrected chi connectivity index (χ3v) is 4.41. The number of likely N-dealkylation sites (N-methyl/N-ethyl adjacent to an activating group) is 1. The van der Waals surface area contributed by atoms with Crippen molar-refractivity contribution in [1.82, 2.24) is 24.5 Å². The van der Waals surface area contributed by atoms with E-state index >= 15 is 0 Å². The topological polar surface area (TPSA) is 74.1 Å². The van der Waals surface area contributed by atoms with E-state index in [1.807, 2.05) is 30.8 Å². The summed E-state index contributed by atoms with van der Waals surface area (Å²) in [6.45, 7) is 5.49. The monoisotopic (exact) mass is 314 g/mol. The van der Waals surface area contributed by atoms with Crippen molar-refractivity contribution in [1.29, 1.82) is 5.26 Å². The van der Waals surface area contributed by atoms with Gasteiger partial charge in [-0.05, 0) is 25.1 Å². The number of nitrogens with zero attached hydrogens (tertiary/aromatic N) is 6. The van der Waals surface area contributed by atoms with Gasteiger partial charge in [0.05, 0.1) is 6.54 Å². The molecule has 2 aromatic heterocycles. The third-order valence-electron chi connectivity index (χ3n) is 4.41. The molecule has 0 amide bonds. The fourth-order valence-electron chi connectivity index (χ4n) is 3.16. The summed E-state index contributed by atoms with van der Waals surface area (Å²) in [6.07, 6.45) is 3.17. The number of aryl methyl sites for hydroxylation is 2. The maximum absolute atomic E-state index is 9.04. The van der Waals surface area contributed by atoms with Gasteiger partial charge in [0.1, 0.15) is 11.8 Å². The molecule has 3 rings (SSSR count). The Morgan fingerprint density at radius 1 is 1.52 bits per heavy atom. The van der Waals surface area contributed by atoms with Crippen LogP contribution in [0.4, 0.5) is 0 Å². The molecular weight excluding hydrogens is 292 g/mol. The molecule has 0 bridgehead atoms. The molecule has 0 radical (unpaired) electrons. The molecule has 0 spiro atoms. The molecule has 1 atom stereocenters. The van der Waals surface area contributed by atoms with Crippen LogP contribution in [0.1, 0.15) is 29.4 Å². The number of likely N-dealkylation sites (tertiary alicyclic amines) is 1. The van der Waals surface area contributed by atoms with Crippen molar-refractivity contribution >= 4 is 0 Å². The van der Waals surface area contributed by atoms with Crippen molar-refractivity contribution < 1.29 is 4.52 Å². The van der Waals surface area contributed by atoms with Crippen LogP contribution in [-0.4, -0.2) is 50.7 Å². The first-order chi connectivity index (χ1) is 11.0. The highest BCUT2D eigenvalue weighted by Gasteiger charge is 2.26. The molecule has 0 N–H and O–H groups in total. The van der Waals surface area contributed by atoms with E-state index in [0.717, 1.165) is 31.9 Å². The molecule has 1 saturated heterocycles. The number of nitriles is 1. The Hall–Kier alpha value is -2.17. The SMILES string of the molecule is Cc1nc(CN(C)C2CCN(Cc3cc(C#N)n(C)c3)C2)no1. The second-order valence-electron chi connectivity index (χ2n) is 6.28. The van der Waals surface area contributed by atoms with Gasteiger partial charge in [0, 0.05) is 45.8 Å². The van der Waals surface area contributed by atoms with Gasteiger partial charge in [-0.2, -0.15) is 10.2 Å². The van der Waals surface area contributed by atoms with Gasteiger partial charge in [0.25, 0.3) is 0 Å². The first-order valence-electron chi connectivity index (χ1n) is 7.82. The zero-order valence-electron chi connectivity index (χ0n) is 13.9. The quantitative estimate of drug-likeness (QED) is 0.828. The number of hydrogen-bond donors (Lipinski definition) is 0. The molecule has 1 fully saturated rings. The van der Waals surface area contributed by atoms with Gasteiger partial charge in [-0.25, -0.2) is 0 Å². The number of hydrogen-bond acceptors (Lipinski definition) is 6. The maximum atomic E-state index is 9.04.